The van der Waals surface area contributed by atoms with Gasteiger partial charge in [-0.1, -0.05) is 12.1 Å². The number of nitrogens with zero attached hydrogens (tertiary/aromatic N) is 2. The molecule has 4 N–H and O–H groups in total. The highest BCUT2D eigenvalue weighted by Gasteiger charge is 2.17. The molecule has 2 heterocycles. The molecule has 1 fully saturated rings. The highest BCUT2D eigenvalue weighted by molar-refractivity contribution is 5.92. The van der Waals surface area contributed by atoms with Gasteiger partial charge in [0.15, 0.2) is 0 Å². The average Bonchev–Trinajstić information content (AvgIpc) is 3.17. The van der Waals surface area contributed by atoms with Gasteiger partial charge in [0.25, 0.3) is 5.91 Å². The Labute approximate surface area is 165 Å². The number of benzene rings is 1. The summed E-state index contributed by atoms with van der Waals surface area (Å²) >= 11 is 0. The molecule has 0 bridgehead atoms. The Morgan fingerprint density at radius 3 is 2.71 bits per heavy atom. The number of carbonyl (C=O) groups is 2. The van der Waals surface area contributed by atoms with Crippen molar-refractivity contribution in [3.8, 4) is 0 Å². The number of piperidine rings is 1. The number of rotatable bonds is 6. The fraction of sp³-hybridized carbons (Fsp3) is 0.450. The number of urea groups is 1. The van der Waals surface area contributed by atoms with Crippen LogP contribution in [-0.2, 0) is 6.54 Å². The first-order valence-electron chi connectivity index (χ1n) is 9.72. The molecule has 1 atom stereocenters. The quantitative estimate of drug-likeness (QED) is 0.614. The SMILES string of the molecule is CC(C)NC(=O)Nc1ccc(CNC(=O)c2ccn(C3CCCNC3)n2)cc1. The summed E-state index contributed by atoms with van der Waals surface area (Å²) in [7, 11) is 0. The van der Waals surface area contributed by atoms with Gasteiger partial charge in [0.05, 0.1) is 6.04 Å². The summed E-state index contributed by atoms with van der Waals surface area (Å²) in [6, 6.07) is 9.27. The fourth-order valence-corrected chi connectivity index (χ4v) is 3.13. The van der Waals surface area contributed by atoms with E-state index in [9.17, 15) is 9.59 Å². The van der Waals surface area contributed by atoms with Crippen LogP contribution < -0.4 is 21.3 Å². The molecule has 0 radical (unpaired) electrons. The molecule has 0 spiro atoms. The lowest BCUT2D eigenvalue weighted by atomic mass is 10.1. The van der Waals surface area contributed by atoms with Crippen molar-refractivity contribution in [2.75, 3.05) is 18.4 Å². The minimum atomic E-state index is -0.236. The molecule has 1 aliphatic heterocycles. The standard InChI is InChI=1S/C20H28N6O2/c1-14(2)23-20(28)24-16-7-5-15(6-8-16)12-22-19(27)18-9-11-26(25-18)17-4-3-10-21-13-17/h5-9,11,14,17,21H,3-4,10,12-13H2,1-2H3,(H,22,27)(H2,23,24,28). The summed E-state index contributed by atoms with van der Waals surface area (Å²) in [6.45, 7) is 6.14. The van der Waals surface area contributed by atoms with E-state index in [4.69, 9.17) is 0 Å². The number of hydrogen-bond donors (Lipinski definition) is 4. The van der Waals surface area contributed by atoms with E-state index in [0.29, 0.717) is 24.0 Å². The fourth-order valence-electron chi connectivity index (χ4n) is 3.13. The summed E-state index contributed by atoms with van der Waals surface area (Å²) < 4.78 is 1.88. The lowest BCUT2D eigenvalue weighted by Gasteiger charge is -2.22. The molecule has 8 heteroatoms. The summed E-state index contributed by atoms with van der Waals surface area (Å²) in [5.74, 6) is -0.193. The van der Waals surface area contributed by atoms with Crippen LogP contribution in [0.5, 0.6) is 0 Å². The van der Waals surface area contributed by atoms with Crippen LogP contribution in [0.3, 0.4) is 0 Å². The van der Waals surface area contributed by atoms with E-state index in [-0.39, 0.29) is 18.0 Å². The zero-order valence-corrected chi connectivity index (χ0v) is 16.4. The van der Waals surface area contributed by atoms with Gasteiger partial charge in [-0.15, -0.1) is 0 Å². The highest BCUT2D eigenvalue weighted by Crippen LogP contribution is 2.16. The zero-order valence-electron chi connectivity index (χ0n) is 16.4. The number of hydrogen-bond acceptors (Lipinski definition) is 4. The molecule has 150 valence electrons. The van der Waals surface area contributed by atoms with Gasteiger partial charge in [-0.25, -0.2) is 4.79 Å². The summed E-state index contributed by atoms with van der Waals surface area (Å²) in [5, 5.41) is 16.2. The maximum absolute atomic E-state index is 12.4. The van der Waals surface area contributed by atoms with Crippen molar-refractivity contribution in [3.63, 3.8) is 0 Å². The van der Waals surface area contributed by atoms with E-state index < -0.39 is 0 Å². The third-order valence-corrected chi connectivity index (χ3v) is 4.57. The van der Waals surface area contributed by atoms with Gasteiger partial charge in [0, 0.05) is 31.0 Å². The van der Waals surface area contributed by atoms with E-state index in [0.717, 1.165) is 31.5 Å². The van der Waals surface area contributed by atoms with Gasteiger partial charge in [-0.05, 0) is 57.0 Å². The van der Waals surface area contributed by atoms with Crippen LogP contribution in [0.1, 0.15) is 48.8 Å². The molecule has 2 aromatic rings. The van der Waals surface area contributed by atoms with E-state index >= 15 is 0 Å². The number of amides is 3. The number of aromatic nitrogens is 2. The number of anilines is 1. The van der Waals surface area contributed by atoms with Crippen molar-refractivity contribution in [2.45, 2.75) is 45.3 Å². The van der Waals surface area contributed by atoms with Crippen LogP contribution in [-0.4, -0.2) is 40.9 Å². The molecular formula is C20H28N6O2. The minimum absolute atomic E-state index is 0.0762. The lowest BCUT2D eigenvalue weighted by Crippen LogP contribution is -2.34. The molecule has 1 aliphatic rings. The van der Waals surface area contributed by atoms with E-state index in [1.807, 2.05) is 49.0 Å². The van der Waals surface area contributed by atoms with Crippen molar-refractivity contribution in [3.05, 3.63) is 47.8 Å². The molecule has 1 aromatic carbocycles. The van der Waals surface area contributed by atoms with Crippen molar-refractivity contribution in [1.82, 2.24) is 25.7 Å². The topological polar surface area (TPSA) is 100 Å². The Kier molecular flexibility index (Phi) is 6.65. The Morgan fingerprint density at radius 1 is 1.25 bits per heavy atom. The first kappa shape index (κ1) is 19.9. The van der Waals surface area contributed by atoms with Crippen LogP contribution in [0.2, 0.25) is 0 Å². The lowest BCUT2D eigenvalue weighted by molar-refractivity contribution is 0.0944. The van der Waals surface area contributed by atoms with Gasteiger partial charge < -0.3 is 21.3 Å². The van der Waals surface area contributed by atoms with E-state index in [1.54, 1.807) is 6.07 Å². The molecule has 1 aromatic heterocycles. The average molecular weight is 384 g/mol. The van der Waals surface area contributed by atoms with Crippen LogP contribution in [0.4, 0.5) is 10.5 Å². The molecule has 8 nitrogen and oxygen atoms in total. The predicted molar refractivity (Wildman–Crippen MR) is 108 cm³/mol. The van der Waals surface area contributed by atoms with E-state index in [2.05, 4.69) is 26.4 Å². The first-order chi connectivity index (χ1) is 13.5. The van der Waals surface area contributed by atoms with Crippen LogP contribution in [0, 0.1) is 0 Å². The van der Waals surface area contributed by atoms with Crippen molar-refractivity contribution in [2.24, 2.45) is 0 Å². The number of nitrogens with one attached hydrogen (secondary N) is 4. The van der Waals surface area contributed by atoms with Crippen molar-refractivity contribution in [1.29, 1.82) is 0 Å². The molecular weight excluding hydrogens is 356 g/mol. The molecule has 0 saturated carbocycles. The molecule has 3 amide bonds. The maximum atomic E-state index is 12.4. The maximum Gasteiger partial charge on any atom is 0.319 e. The second-order valence-corrected chi connectivity index (χ2v) is 7.31. The Bertz CT molecular complexity index is 793. The summed E-state index contributed by atoms with van der Waals surface area (Å²) in [4.78, 5) is 24.1. The normalized spacial score (nSPS) is 16.6. The van der Waals surface area contributed by atoms with Crippen LogP contribution >= 0.6 is 0 Å². The minimum Gasteiger partial charge on any atom is -0.347 e. The van der Waals surface area contributed by atoms with Gasteiger partial charge in [0.2, 0.25) is 0 Å². The van der Waals surface area contributed by atoms with Crippen molar-refractivity contribution < 1.29 is 9.59 Å². The van der Waals surface area contributed by atoms with Crippen LogP contribution in [0.15, 0.2) is 36.5 Å². The van der Waals surface area contributed by atoms with Crippen molar-refractivity contribution >= 4 is 17.6 Å². The second kappa shape index (κ2) is 9.36. The molecule has 1 unspecified atom stereocenters. The first-order valence-corrected chi connectivity index (χ1v) is 9.72. The Morgan fingerprint density at radius 2 is 2.04 bits per heavy atom. The van der Waals surface area contributed by atoms with Gasteiger partial charge in [-0.3, -0.25) is 9.48 Å². The predicted octanol–water partition coefficient (Wildman–Crippen LogP) is 2.27. The van der Waals surface area contributed by atoms with Gasteiger partial charge in [-0.2, -0.15) is 5.10 Å². The zero-order chi connectivity index (χ0) is 19.9. The third-order valence-electron chi connectivity index (χ3n) is 4.57. The molecule has 0 aliphatic carbocycles. The van der Waals surface area contributed by atoms with Gasteiger partial charge in [0.1, 0.15) is 5.69 Å². The molecule has 1 saturated heterocycles. The highest BCUT2D eigenvalue weighted by atomic mass is 16.2. The van der Waals surface area contributed by atoms with Crippen LogP contribution in [0.25, 0.3) is 0 Å². The molecule has 28 heavy (non-hydrogen) atoms. The van der Waals surface area contributed by atoms with Gasteiger partial charge >= 0.3 is 6.03 Å². The summed E-state index contributed by atoms with van der Waals surface area (Å²) in [5.41, 5.74) is 2.07. The largest absolute Gasteiger partial charge is 0.347 e. The summed E-state index contributed by atoms with van der Waals surface area (Å²) in [6.07, 6.45) is 4.07. The molecule has 3 rings (SSSR count). The Balaban J connectivity index is 1.49. The van der Waals surface area contributed by atoms with E-state index in [1.165, 1.54) is 0 Å². The number of carbonyl (C=O) groups excluding carboxylic acids is 2. The Hall–Kier alpha value is -2.87. The third kappa shape index (κ3) is 5.56. The monoisotopic (exact) mass is 384 g/mol. The smallest absolute Gasteiger partial charge is 0.319 e. The second-order valence-electron chi connectivity index (χ2n) is 7.31.